The Bertz CT molecular complexity index is 2230. The van der Waals surface area contributed by atoms with Crippen LogP contribution >= 0.6 is 11.6 Å². The number of aromatic nitrogens is 2. The molecule has 1 amide bonds. The summed E-state index contributed by atoms with van der Waals surface area (Å²) in [6.45, 7) is 6.43. The van der Waals surface area contributed by atoms with Crippen molar-refractivity contribution in [2.24, 2.45) is 9.98 Å². The number of esters is 1. The average molecular weight is 783 g/mol. The number of methoxy groups -OCH3 is 1. The van der Waals surface area contributed by atoms with Gasteiger partial charge < -0.3 is 25.1 Å². The number of benzene rings is 1. The fourth-order valence-corrected chi connectivity index (χ4v) is 7.86. The fraction of sp³-hybridized carbons (Fsp3) is 0.350. The fourth-order valence-electron chi connectivity index (χ4n) is 7.59. The minimum absolute atomic E-state index is 0.0203. The molecule has 0 aliphatic carbocycles. The number of nitrogens with one attached hydrogen (secondary N) is 1. The summed E-state index contributed by atoms with van der Waals surface area (Å²) < 4.78 is 38.1. The molecule has 3 aromatic rings. The number of piperazine rings is 1. The Kier molecular flexibility index (Phi) is 11.6. The first-order valence-electron chi connectivity index (χ1n) is 18.6. The molecular weight excluding hydrogens is 741 g/mol. The molecule has 0 spiro atoms. The molecule has 7 rings (SSSR count). The number of carbonyl (C=O) groups excluding carboxylic acids is 2. The number of aliphatic imine (C=N–C) groups is 2. The van der Waals surface area contributed by atoms with Gasteiger partial charge in [0.15, 0.2) is 17.2 Å². The third-order valence-corrected chi connectivity index (χ3v) is 10.8. The highest BCUT2D eigenvalue weighted by Crippen LogP contribution is 2.37. The largest absolute Gasteiger partial charge is 0.862 e. The number of allylic oxidation sites excluding steroid dienone is 2. The number of amidine groups is 1. The maximum absolute atomic E-state index is 15.6. The van der Waals surface area contributed by atoms with E-state index < -0.39 is 25.1 Å². The topological polar surface area (TPSA) is 130 Å². The SMILES string of the molecule is COC(=O)C1=C(CN2CCN(C(=O)CCCN=C([O-])CCC3=[N+]4B(F)n5c(C)cc(C)c5C=C4C=C3)CC2)NC(c2ccccn2)=NC1c1ccc(F)cc1Cl. The lowest BCUT2D eigenvalue weighted by Gasteiger charge is -2.36. The summed E-state index contributed by atoms with van der Waals surface area (Å²) >= 11 is 6.49. The summed E-state index contributed by atoms with van der Waals surface area (Å²) in [5, 5.41) is 16.1. The van der Waals surface area contributed by atoms with E-state index in [0.29, 0.717) is 68.4 Å². The van der Waals surface area contributed by atoms with Gasteiger partial charge in [-0.25, -0.2) is 18.0 Å². The molecule has 1 aromatic carbocycles. The second kappa shape index (κ2) is 16.8. The molecule has 0 radical (unpaired) electrons. The summed E-state index contributed by atoms with van der Waals surface area (Å²) in [5.41, 5.74) is 6.00. The van der Waals surface area contributed by atoms with Crippen LogP contribution in [0.2, 0.25) is 5.02 Å². The number of ether oxygens (including phenoxy) is 1. The molecule has 1 atom stereocenters. The smallest absolute Gasteiger partial charge is 0.846 e. The molecule has 290 valence electrons. The molecule has 16 heteroatoms. The van der Waals surface area contributed by atoms with Gasteiger partial charge in [0, 0.05) is 104 Å². The van der Waals surface area contributed by atoms with Crippen LogP contribution in [0.4, 0.5) is 8.71 Å². The van der Waals surface area contributed by atoms with Gasteiger partial charge in [-0.2, -0.15) is 0 Å². The van der Waals surface area contributed by atoms with Crippen molar-refractivity contribution >= 4 is 54.3 Å². The number of pyridine rings is 1. The Morgan fingerprint density at radius 1 is 1.12 bits per heavy atom. The van der Waals surface area contributed by atoms with Gasteiger partial charge in [0.2, 0.25) is 5.91 Å². The van der Waals surface area contributed by atoms with E-state index in [4.69, 9.17) is 21.3 Å². The van der Waals surface area contributed by atoms with Crippen molar-refractivity contribution in [3.63, 3.8) is 0 Å². The second-order valence-electron chi connectivity index (χ2n) is 14.1. The van der Waals surface area contributed by atoms with Crippen LogP contribution < -0.4 is 10.4 Å². The quantitative estimate of drug-likeness (QED) is 0.0961. The Morgan fingerprint density at radius 2 is 1.93 bits per heavy atom. The lowest BCUT2D eigenvalue weighted by molar-refractivity contribution is -0.335. The normalized spacial score (nSPS) is 18.5. The average Bonchev–Trinajstić information content (AvgIpc) is 3.74. The Labute approximate surface area is 329 Å². The number of aryl methyl sites for hydroxylation is 2. The van der Waals surface area contributed by atoms with Crippen molar-refractivity contribution in [1.29, 1.82) is 0 Å². The number of hydrogen-bond acceptors (Lipinski definition) is 9. The van der Waals surface area contributed by atoms with Crippen LogP contribution in [0.25, 0.3) is 6.08 Å². The van der Waals surface area contributed by atoms with Crippen LogP contribution in [-0.4, -0.2) is 107 Å². The lowest BCUT2D eigenvalue weighted by atomic mass is 9.94. The summed E-state index contributed by atoms with van der Waals surface area (Å²) in [4.78, 5) is 43.7. The highest BCUT2D eigenvalue weighted by molar-refractivity contribution is 6.43. The van der Waals surface area contributed by atoms with E-state index in [1.807, 2.05) is 44.2 Å². The minimum atomic E-state index is -1.37. The Hall–Kier alpha value is -5.41. The number of carbonyl (C=O) groups is 2. The van der Waals surface area contributed by atoms with Gasteiger partial charge in [0.25, 0.3) is 0 Å². The lowest BCUT2D eigenvalue weighted by Crippen LogP contribution is -2.50. The molecule has 0 saturated carbocycles. The summed E-state index contributed by atoms with van der Waals surface area (Å²) in [6.07, 6.45) is 8.54. The highest BCUT2D eigenvalue weighted by Gasteiger charge is 2.47. The second-order valence-corrected chi connectivity index (χ2v) is 14.5. The summed E-state index contributed by atoms with van der Waals surface area (Å²) in [5.74, 6) is -0.984. The predicted octanol–water partition coefficient (Wildman–Crippen LogP) is 4.15. The Balaban J connectivity index is 0.930. The molecule has 0 bridgehead atoms. The van der Waals surface area contributed by atoms with E-state index in [1.165, 1.54) is 25.3 Å². The van der Waals surface area contributed by atoms with Crippen molar-refractivity contribution in [3.05, 3.63) is 117 Å². The van der Waals surface area contributed by atoms with Crippen LogP contribution in [-0.2, 0) is 14.3 Å². The van der Waals surface area contributed by atoms with Gasteiger partial charge in [-0.15, -0.1) is 0 Å². The third kappa shape index (κ3) is 8.10. The van der Waals surface area contributed by atoms with Crippen LogP contribution in [0.1, 0.15) is 59.9 Å². The molecule has 4 aliphatic heterocycles. The van der Waals surface area contributed by atoms with E-state index in [1.54, 1.807) is 32.2 Å². The molecule has 1 N–H and O–H groups in total. The number of nitrogens with zero attached hydrogens (tertiary/aromatic N) is 7. The number of rotatable bonds is 12. The van der Waals surface area contributed by atoms with Crippen LogP contribution in [0.15, 0.2) is 87.8 Å². The third-order valence-electron chi connectivity index (χ3n) is 10.4. The van der Waals surface area contributed by atoms with Gasteiger partial charge in [0.05, 0.1) is 12.7 Å². The zero-order valence-corrected chi connectivity index (χ0v) is 32.2. The van der Waals surface area contributed by atoms with E-state index in [0.717, 1.165) is 28.4 Å². The summed E-state index contributed by atoms with van der Waals surface area (Å²) in [7, 11) is -0.0839. The minimum Gasteiger partial charge on any atom is -0.862 e. The number of amides is 1. The molecule has 56 heavy (non-hydrogen) atoms. The maximum atomic E-state index is 15.6. The zero-order valence-electron chi connectivity index (χ0n) is 31.5. The first-order valence-corrected chi connectivity index (χ1v) is 19.0. The standard InChI is InChI=1S/C40H42BClF2N8O4/c1-25-21-26(2)51-34(25)23-29-11-10-28(52(29)41(51)44)12-14-35(53)46-16-6-8-36(54)50-19-17-49(18-20-50)24-33-37(40(55)56-3)38(30-13-9-27(43)22-31(30)42)48-39(47-33)32-7-4-5-15-45-32/h4-5,7,9-11,13,15,21-23,38H,6,8,12,14,16-20,24H2,1-3H3,(H-,46,47,48,53,55). The number of hydrogen-bond donors (Lipinski definition) is 1. The first kappa shape index (κ1) is 38.9. The Morgan fingerprint density at radius 3 is 2.66 bits per heavy atom. The van der Waals surface area contributed by atoms with Crippen LogP contribution in [0.5, 0.6) is 0 Å². The molecule has 1 unspecified atom stereocenters. The van der Waals surface area contributed by atoms with Gasteiger partial charge in [-0.3, -0.25) is 24.1 Å². The van der Waals surface area contributed by atoms with E-state index >= 15 is 4.32 Å². The zero-order chi connectivity index (χ0) is 39.5. The number of fused-ring (bicyclic) bond motifs is 2. The number of halogens is 3. The van der Waals surface area contributed by atoms with Crippen molar-refractivity contribution < 1.29 is 32.6 Å². The van der Waals surface area contributed by atoms with Crippen LogP contribution in [0.3, 0.4) is 0 Å². The van der Waals surface area contributed by atoms with E-state index in [-0.39, 0.29) is 41.8 Å². The molecule has 12 nitrogen and oxygen atoms in total. The highest BCUT2D eigenvalue weighted by atomic mass is 35.5. The summed E-state index contributed by atoms with van der Waals surface area (Å²) in [6, 6.07) is 10.5. The molecule has 1 saturated heterocycles. The predicted molar refractivity (Wildman–Crippen MR) is 209 cm³/mol. The molecule has 1 fully saturated rings. The van der Waals surface area contributed by atoms with Crippen LogP contribution in [0, 0.1) is 19.7 Å². The molecular formula is C40H42BClF2N8O4. The molecule has 2 aromatic heterocycles. The van der Waals surface area contributed by atoms with Gasteiger partial charge in [-0.05, 0) is 68.5 Å². The van der Waals surface area contributed by atoms with Crippen molar-refractivity contribution in [2.45, 2.75) is 45.6 Å². The van der Waals surface area contributed by atoms with Crippen molar-refractivity contribution in [1.82, 2.24) is 24.6 Å². The molecule has 4 aliphatic rings. The van der Waals surface area contributed by atoms with E-state index in [2.05, 4.69) is 20.2 Å². The van der Waals surface area contributed by atoms with Gasteiger partial charge >= 0.3 is 13.2 Å². The van der Waals surface area contributed by atoms with Gasteiger partial charge in [-0.1, -0.05) is 23.7 Å². The molecule has 6 heterocycles. The van der Waals surface area contributed by atoms with Gasteiger partial charge in [0.1, 0.15) is 17.6 Å². The van der Waals surface area contributed by atoms with Crippen molar-refractivity contribution in [3.8, 4) is 0 Å². The van der Waals surface area contributed by atoms with Crippen molar-refractivity contribution in [2.75, 3.05) is 46.4 Å². The monoisotopic (exact) mass is 782 g/mol. The maximum Gasteiger partial charge on any atom is 0.846 e. The first-order chi connectivity index (χ1) is 27.0. The van der Waals surface area contributed by atoms with E-state index in [9.17, 15) is 19.1 Å².